The van der Waals surface area contributed by atoms with Crippen molar-refractivity contribution in [3.63, 3.8) is 0 Å². The Balaban J connectivity index is 1.85. The largest absolute Gasteiger partial charge is 0.320 e. The van der Waals surface area contributed by atoms with Gasteiger partial charge in [-0.15, -0.1) is 0 Å². The molecule has 0 aliphatic rings. The van der Waals surface area contributed by atoms with E-state index in [2.05, 4.69) is 40.8 Å². The predicted molar refractivity (Wildman–Crippen MR) is 102 cm³/mol. The maximum atomic E-state index is 12.6. The molecular weight excluding hydrogens is 310 g/mol. The first-order valence-electron chi connectivity index (χ1n) is 8.38. The lowest BCUT2D eigenvalue weighted by Crippen LogP contribution is -2.14. The van der Waals surface area contributed by atoms with E-state index in [1.54, 1.807) is 0 Å². The predicted octanol–water partition coefficient (Wildman–Crippen LogP) is 4.67. The minimum atomic E-state index is -0.121. The van der Waals surface area contributed by atoms with Crippen LogP contribution >= 0.6 is 0 Å². The van der Waals surface area contributed by atoms with Crippen molar-refractivity contribution in [2.45, 2.75) is 34.6 Å². The molecule has 25 heavy (non-hydrogen) atoms. The second-order valence-corrected chi connectivity index (χ2v) is 6.49. The quantitative estimate of drug-likeness (QED) is 0.757. The van der Waals surface area contributed by atoms with Crippen molar-refractivity contribution < 1.29 is 4.79 Å². The number of nitrogens with zero attached hydrogens (tertiary/aromatic N) is 2. The molecule has 3 aromatic rings. The molecule has 0 unspecified atom stereocenters. The molecule has 1 N–H and O–H groups in total. The number of rotatable bonds is 3. The van der Waals surface area contributed by atoms with Gasteiger partial charge in [0.05, 0.1) is 11.4 Å². The zero-order chi connectivity index (χ0) is 18.1. The van der Waals surface area contributed by atoms with Gasteiger partial charge < -0.3 is 9.88 Å². The van der Waals surface area contributed by atoms with Crippen molar-refractivity contribution >= 4 is 11.6 Å². The Kier molecular flexibility index (Phi) is 4.45. The molecule has 2 heterocycles. The normalized spacial score (nSPS) is 10.8. The van der Waals surface area contributed by atoms with E-state index in [1.165, 1.54) is 11.4 Å². The molecular formula is C21H23N3O. The standard InChI is InChI=1S/C21H23N3O/c1-13-12-14(2)22-17(5)20(13)23-21(25)18-8-10-19(11-9-18)24-15(3)6-7-16(24)4/h6-12H,1-5H3,(H,23,25). The molecule has 4 heteroatoms. The monoisotopic (exact) mass is 333 g/mol. The summed E-state index contributed by atoms with van der Waals surface area (Å²) < 4.78 is 2.17. The number of anilines is 1. The summed E-state index contributed by atoms with van der Waals surface area (Å²) in [5.41, 5.74) is 7.63. The SMILES string of the molecule is Cc1cc(C)c(NC(=O)c2ccc(-n3c(C)ccc3C)cc2)c(C)n1. The molecule has 0 radical (unpaired) electrons. The van der Waals surface area contributed by atoms with Crippen LogP contribution in [-0.4, -0.2) is 15.5 Å². The average molecular weight is 333 g/mol. The van der Waals surface area contributed by atoms with Crippen molar-refractivity contribution in [3.8, 4) is 5.69 Å². The molecule has 0 aliphatic carbocycles. The third-order valence-corrected chi connectivity index (χ3v) is 4.42. The van der Waals surface area contributed by atoms with Crippen LogP contribution in [0.2, 0.25) is 0 Å². The lowest BCUT2D eigenvalue weighted by Gasteiger charge is -2.13. The van der Waals surface area contributed by atoms with Crippen molar-refractivity contribution in [3.05, 3.63) is 76.4 Å². The van der Waals surface area contributed by atoms with E-state index in [-0.39, 0.29) is 5.91 Å². The fraction of sp³-hybridized carbons (Fsp3) is 0.238. The number of aryl methyl sites for hydroxylation is 5. The Morgan fingerprint density at radius 1 is 0.920 bits per heavy atom. The topological polar surface area (TPSA) is 46.9 Å². The maximum absolute atomic E-state index is 12.6. The Bertz CT molecular complexity index is 894. The number of hydrogen-bond donors (Lipinski definition) is 1. The van der Waals surface area contributed by atoms with Crippen LogP contribution in [0, 0.1) is 34.6 Å². The number of benzene rings is 1. The lowest BCUT2D eigenvalue weighted by atomic mass is 10.1. The van der Waals surface area contributed by atoms with E-state index in [0.29, 0.717) is 5.56 Å². The number of carbonyl (C=O) groups is 1. The lowest BCUT2D eigenvalue weighted by molar-refractivity contribution is 0.102. The second kappa shape index (κ2) is 6.55. The van der Waals surface area contributed by atoms with Gasteiger partial charge in [0.25, 0.3) is 5.91 Å². The molecule has 128 valence electrons. The zero-order valence-corrected chi connectivity index (χ0v) is 15.3. The average Bonchev–Trinajstić information content (AvgIpc) is 2.89. The van der Waals surface area contributed by atoms with Gasteiger partial charge in [0.2, 0.25) is 0 Å². The molecule has 0 atom stereocenters. The van der Waals surface area contributed by atoms with Gasteiger partial charge in [0, 0.05) is 28.3 Å². The van der Waals surface area contributed by atoms with Gasteiger partial charge in [-0.2, -0.15) is 0 Å². The van der Waals surface area contributed by atoms with E-state index >= 15 is 0 Å². The number of amides is 1. The first kappa shape index (κ1) is 17.0. The summed E-state index contributed by atoms with van der Waals surface area (Å²) in [6.45, 7) is 10.00. The molecule has 0 saturated carbocycles. The van der Waals surface area contributed by atoms with Crippen molar-refractivity contribution in [1.29, 1.82) is 0 Å². The Morgan fingerprint density at radius 2 is 1.52 bits per heavy atom. The highest BCUT2D eigenvalue weighted by molar-refractivity contribution is 6.05. The second-order valence-electron chi connectivity index (χ2n) is 6.49. The van der Waals surface area contributed by atoms with Crippen LogP contribution in [0.5, 0.6) is 0 Å². The van der Waals surface area contributed by atoms with Gasteiger partial charge in [0.15, 0.2) is 0 Å². The number of nitrogens with one attached hydrogen (secondary N) is 1. The van der Waals surface area contributed by atoms with Crippen LogP contribution in [-0.2, 0) is 0 Å². The fourth-order valence-electron chi connectivity index (χ4n) is 3.24. The first-order valence-corrected chi connectivity index (χ1v) is 8.38. The van der Waals surface area contributed by atoms with Crippen molar-refractivity contribution in [1.82, 2.24) is 9.55 Å². The third kappa shape index (κ3) is 3.33. The number of aromatic nitrogens is 2. The molecule has 0 aliphatic heterocycles. The van der Waals surface area contributed by atoms with E-state index in [0.717, 1.165) is 28.3 Å². The molecule has 0 bridgehead atoms. The van der Waals surface area contributed by atoms with Crippen molar-refractivity contribution in [2.24, 2.45) is 0 Å². The van der Waals surface area contributed by atoms with Gasteiger partial charge in [-0.3, -0.25) is 9.78 Å². The van der Waals surface area contributed by atoms with Crippen LogP contribution in [0.25, 0.3) is 5.69 Å². The molecule has 1 aromatic carbocycles. The summed E-state index contributed by atoms with van der Waals surface area (Å²) in [6, 6.07) is 13.8. The smallest absolute Gasteiger partial charge is 0.255 e. The summed E-state index contributed by atoms with van der Waals surface area (Å²) >= 11 is 0. The minimum absolute atomic E-state index is 0.121. The summed E-state index contributed by atoms with van der Waals surface area (Å²) in [7, 11) is 0. The van der Waals surface area contributed by atoms with Crippen LogP contribution < -0.4 is 5.32 Å². The molecule has 0 spiro atoms. The van der Waals surface area contributed by atoms with Crippen LogP contribution in [0.3, 0.4) is 0 Å². The van der Waals surface area contributed by atoms with Gasteiger partial charge in [-0.25, -0.2) is 0 Å². The van der Waals surface area contributed by atoms with E-state index < -0.39 is 0 Å². The molecule has 2 aromatic heterocycles. The van der Waals surface area contributed by atoms with E-state index in [1.807, 2.05) is 51.1 Å². The van der Waals surface area contributed by atoms with E-state index in [9.17, 15) is 4.79 Å². The third-order valence-electron chi connectivity index (χ3n) is 4.42. The summed E-state index contributed by atoms with van der Waals surface area (Å²) in [5, 5.41) is 2.99. The number of hydrogen-bond acceptors (Lipinski definition) is 2. The zero-order valence-electron chi connectivity index (χ0n) is 15.3. The highest BCUT2D eigenvalue weighted by atomic mass is 16.1. The molecule has 0 fully saturated rings. The molecule has 4 nitrogen and oxygen atoms in total. The minimum Gasteiger partial charge on any atom is -0.320 e. The summed E-state index contributed by atoms with van der Waals surface area (Å²) in [5.74, 6) is -0.121. The van der Waals surface area contributed by atoms with E-state index in [4.69, 9.17) is 0 Å². The Hall–Kier alpha value is -2.88. The summed E-state index contributed by atoms with van der Waals surface area (Å²) in [4.78, 5) is 17.0. The van der Waals surface area contributed by atoms with Crippen LogP contribution in [0.15, 0.2) is 42.5 Å². The van der Waals surface area contributed by atoms with Gasteiger partial charge >= 0.3 is 0 Å². The number of carbonyl (C=O) groups excluding carboxylic acids is 1. The first-order chi connectivity index (χ1) is 11.9. The molecule has 1 amide bonds. The van der Waals surface area contributed by atoms with Crippen LogP contribution in [0.1, 0.15) is 38.7 Å². The van der Waals surface area contributed by atoms with Gasteiger partial charge in [-0.05, 0) is 82.6 Å². The Morgan fingerprint density at radius 3 is 2.08 bits per heavy atom. The molecule has 3 rings (SSSR count). The summed E-state index contributed by atoms with van der Waals surface area (Å²) in [6.07, 6.45) is 0. The van der Waals surface area contributed by atoms with Gasteiger partial charge in [0.1, 0.15) is 0 Å². The van der Waals surface area contributed by atoms with Crippen LogP contribution in [0.4, 0.5) is 5.69 Å². The van der Waals surface area contributed by atoms with Gasteiger partial charge in [-0.1, -0.05) is 0 Å². The fourth-order valence-corrected chi connectivity index (χ4v) is 3.24. The highest BCUT2D eigenvalue weighted by Gasteiger charge is 2.12. The molecule has 0 saturated heterocycles. The number of pyridine rings is 1. The Labute approximate surface area is 148 Å². The maximum Gasteiger partial charge on any atom is 0.255 e. The van der Waals surface area contributed by atoms with Crippen molar-refractivity contribution in [2.75, 3.05) is 5.32 Å². The highest BCUT2D eigenvalue weighted by Crippen LogP contribution is 2.21.